The van der Waals surface area contributed by atoms with Gasteiger partial charge in [0.05, 0.1) is 17.8 Å². The van der Waals surface area contributed by atoms with Gasteiger partial charge >= 0.3 is 0 Å². The van der Waals surface area contributed by atoms with Crippen LogP contribution in [-0.2, 0) is 16.3 Å². The van der Waals surface area contributed by atoms with Gasteiger partial charge in [-0.05, 0) is 47.9 Å². The summed E-state index contributed by atoms with van der Waals surface area (Å²) < 4.78 is 13.3. The van der Waals surface area contributed by atoms with Gasteiger partial charge in [0.25, 0.3) is 0 Å². The summed E-state index contributed by atoms with van der Waals surface area (Å²) >= 11 is 0. The highest BCUT2D eigenvalue weighted by atomic mass is 32.2. The number of nitrogens with zero attached hydrogens (tertiary/aromatic N) is 7. The average Bonchev–Trinajstić information content (AvgIpc) is 3.52. The Morgan fingerprint density at radius 3 is 2.68 bits per heavy atom. The molecule has 1 saturated carbocycles. The first-order chi connectivity index (χ1) is 18.3. The molecule has 0 spiro atoms. The normalized spacial score (nSPS) is 17.3. The monoisotopic (exact) mass is 526 g/mol. The third-order valence-corrected chi connectivity index (χ3v) is 8.37. The van der Waals surface area contributed by atoms with Crippen molar-refractivity contribution >= 4 is 38.9 Å². The number of nitriles is 1. The number of nitrogens with one attached hydrogen (secondary N) is 1. The van der Waals surface area contributed by atoms with Crippen LogP contribution in [-0.4, -0.2) is 54.0 Å². The fourth-order valence-electron chi connectivity index (χ4n) is 5.18. The van der Waals surface area contributed by atoms with Gasteiger partial charge in [0.2, 0.25) is 0 Å². The van der Waals surface area contributed by atoms with Gasteiger partial charge in [-0.15, -0.1) is 0 Å². The number of benzene rings is 1. The molecule has 2 fully saturated rings. The molecule has 1 aromatic carbocycles. The zero-order valence-corrected chi connectivity index (χ0v) is 22.6. The number of hydrogen-bond acceptors (Lipinski definition) is 8. The zero-order valence-electron chi connectivity index (χ0n) is 21.8. The molecule has 1 unspecified atom stereocenters. The second-order valence-corrected chi connectivity index (χ2v) is 12.1. The van der Waals surface area contributed by atoms with Gasteiger partial charge in [-0.25, -0.2) is 15.0 Å². The number of fused-ring (bicyclic) bond motifs is 1. The topological polar surface area (TPSA) is 113 Å². The third kappa shape index (κ3) is 4.52. The maximum absolute atomic E-state index is 11.6. The van der Waals surface area contributed by atoms with E-state index in [0.717, 1.165) is 42.6 Å². The Kier molecular flexibility index (Phi) is 6.11. The van der Waals surface area contributed by atoms with Crippen molar-refractivity contribution in [3.05, 3.63) is 54.6 Å². The summed E-state index contributed by atoms with van der Waals surface area (Å²) in [6, 6.07) is 10.7. The lowest BCUT2D eigenvalue weighted by molar-refractivity contribution is 0.452. The molecule has 1 aliphatic heterocycles. The van der Waals surface area contributed by atoms with Gasteiger partial charge in [-0.3, -0.25) is 8.89 Å². The number of aromatic nitrogens is 5. The van der Waals surface area contributed by atoms with Gasteiger partial charge in [-0.1, -0.05) is 19.9 Å². The van der Waals surface area contributed by atoms with Gasteiger partial charge in [0, 0.05) is 71.5 Å². The van der Waals surface area contributed by atoms with Crippen molar-refractivity contribution in [2.75, 3.05) is 35.3 Å². The van der Waals surface area contributed by atoms with E-state index in [1.54, 1.807) is 23.3 Å². The highest BCUT2D eigenvalue weighted by Crippen LogP contribution is 2.42. The highest BCUT2D eigenvalue weighted by molar-refractivity contribution is 7.84. The molecule has 3 aromatic heterocycles. The van der Waals surface area contributed by atoms with Crippen LogP contribution in [0.4, 0.5) is 17.3 Å². The van der Waals surface area contributed by atoms with Crippen molar-refractivity contribution in [3.63, 3.8) is 0 Å². The predicted octanol–water partition coefficient (Wildman–Crippen LogP) is 4.58. The van der Waals surface area contributed by atoms with Crippen molar-refractivity contribution in [1.82, 2.24) is 24.7 Å². The van der Waals surface area contributed by atoms with Crippen molar-refractivity contribution < 1.29 is 4.21 Å². The first kappa shape index (κ1) is 24.5. The molecule has 1 aliphatic carbocycles. The van der Waals surface area contributed by atoms with E-state index in [0.29, 0.717) is 29.3 Å². The van der Waals surface area contributed by atoms with E-state index in [-0.39, 0.29) is 0 Å². The molecule has 1 saturated heterocycles. The minimum absolute atomic E-state index is 0.360. The first-order valence-corrected chi connectivity index (χ1v) is 14.6. The van der Waals surface area contributed by atoms with Gasteiger partial charge in [-0.2, -0.15) is 10.4 Å². The summed E-state index contributed by atoms with van der Waals surface area (Å²) in [6.07, 6.45) is 10.6. The Morgan fingerprint density at radius 2 is 1.97 bits per heavy atom. The van der Waals surface area contributed by atoms with Crippen LogP contribution in [0.15, 0.2) is 49.1 Å². The molecular formula is C28H30N8OS. The maximum Gasteiger partial charge on any atom is 0.164 e. The highest BCUT2D eigenvalue weighted by Gasteiger charge is 2.46. The third-order valence-electron chi connectivity index (χ3n) is 7.42. The molecule has 38 heavy (non-hydrogen) atoms. The number of rotatable bonds is 8. The first-order valence-electron chi connectivity index (χ1n) is 12.9. The van der Waals surface area contributed by atoms with E-state index in [4.69, 9.17) is 4.98 Å². The molecule has 10 heteroatoms. The van der Waals surface area contributed by atoms with Crippen LogP contribution < -0.4 is 10.2 Å². The fraction of sp³-hybridized carbons (Fsp3) is 0.393. The summed E-state index contributed by atoms with van der Waals surface area (Å²) in [4.78, 5) is 16.2. The molecule has 9 nitrogen and oxygen atoms in total. The van der Waals surface area contributed by atoms with E-state index < -0.39 is 16.3 Å². The molecule has 4 aromatic rings. The minimum atomic E-state index is -0.765. The van der Waals surface area contributed by atoms with Crippen LogP contribution in [0.3, 0.4) is 0 Å². The van der Waals surface area contributed by atoms with Crippen LogP contribution in [0.25, 0.3) is 22.2 Å². The molecule has 194 valence electrons. The SMILES string of the molecule is CC(C)c1ccc(N2CC(CS(C)=O)C2)c2cnc(Nc3ccnc(-c4cnn(C5(C#N)CC5)c4)n3)cc12. The van der Waals surface area contributed by atoms with Crippen molar-refractivity contribution in [2.24, 2.45) is 5.92 Å². The van der Waals surface area contributed by atoms with E-state index in [1.807, 2.05) is 18.5 Å². The van der Waals surface area contributed by atoms with Gasteiger partial charge in [0.15, 0.2) is 5.82 Å². The summed E-state index contributed by atoms with van der Waals surface area (Å²) in [7, 11) is -0.765. The molecule has 0 amide bonds. The number of pyridine rings is 1. The van der Waals surface area contributed by atoms with E-state index >= 15 is 0 Å². The molecular weight excluding hydrogens is 496 g/mol. The van der Waals surface area contributed by atoms with Gasteiger partial charge in [0.1, 0.15) is 17.2 Å². The van der Waals surface area contributed by atoms with Crippen molar-refractivity contribution in [3.8, 4) is 17.5 Å². The zero-order chi connectivity index (χ0) is 26.4. The standard InChI is InChI=1S/C28H30N8OS/c1-18(2)21-4-5-24(35-13-19(14-35)16-38(3)37)23-12-31-26(10-22(21)23)33-25-6-9-30-27(34-25)20-11-32-36(15-20)28(17-29)7-8-28/h4-6,9-12,15,18-19H,7-8,13-14,16H2,1-3H3,(H,30,31,33,34). The Balaban J connectivity index is 1.27. The summed E-state index contributed by atoms with van der Waals surface area (Å²) in [5, 5.41) is 19.5. The second kappa shape index (κ2) is 9.48. The predicted molar refractivity (Wildman–Crippen MR) is 150 cm³/mol. The van der Waals surface area contributed by atoms with Crippen LogP contribution in [0.5, 0.6) is 0 Å². The summed E-state index contributed by atoms with van der Waals surface area (Å²) in [5.74, 6) is 3.48. The van der Waals surface area contributed by atoms with Crippen molar-refractivity contribution in [2.45, 2.75) is 38.1 Å². The number of anilines is 3. The van der Waals surface area contributed by atoms with Gasteiger partial charge < -0.3 is 10.2 Å². The van der Waals surface area contributed by atoms with Crippen LogP contribution >= 0.6 is 0 Å². The quantitative estimate of drug-likeness (QED) is 0.355. The maximum atomic E-state index is 11.6. The molecule has 0 radical (unpaired) electrons. The summed E-state index contributed by atoms with van der Waals surface area (Å²) in [5.41, 5.74) is 2.70. The smallest absolute Gasteiger partial charge is 0.164 e. The molecule has 4 heterocycles. The van der Waals surface area contributed by atoms with Crippen LogP contribution in [0.2, 0.25) is 0 Å². The summed E-state index contributed by atoms with van der Waals surface area (Å²) in [6.45, 7) is 6.25. The lowest BCUT2D eigenvalue weighted by atomic mass is 9.93. The molecule has 0 bridgehead atoms. The largest absolute Gasteiger partial charge is 0.370 e. The Bertz CT molecular complexity index is 1580. The average molecular weight is 527 g/mol. The molecule has 6 rings (SSSR count). The Morgan fingerprint density at radius 1 is 1.16 bits per heavy atom. The van der Waals surface area contributed by atoms with Crippen molar-refractivity contribution in [1.29, 1.82) is 5.26 Å². The molecule has 1 atom stereocenters. The van der Waals surface area contributed by atoms with E-state index in [2.05, 4.69) is 63.4 Å². The Labute approximate surface area is 224 Å². The fourth-order valence-corrected chi connectivity index (χ4v) is 6.05. The minimum Gasteiger partial charge on any atom is -0.370 e. The van der Waals surface area contributed by atoms with Crippen LogP contribution in [0.1, 0.15) is 38.2 Å². The Hall–Kier alpha value is -3.84. The lowest BCUT2D eigenvalue weighted by Crippen LogP contribution is -2.49. The van der Waals surface area contributed by atoms with E-state index in [1.165, 1.54) is 16.6 Å². The molecule has 2 aliphatic rings. The lowest BCUT2D eigenvalue weighted by Gasteiger charge is -2.41. The van der Waals surface area contributed by atoms with E-state index in [9.17, 15) is 9.47 Å². The second-order valence-electron chi connectivity index (χ2n) is 10.7. The van der Waals surface area contributed by atoms with Crippen LogP contribution in [0, 0.1) is 17.2 Å². The molecule has 1 N–H and O–H groups in total. The number of hydrogen-bond donors (Lipinski definition) is 1.